The Hall–Kier alpha value is -3.74. The standard InChI is InChI=1S/C9H14N4O2.C7H11N3O2.C4H9NO.CH4/c1-5-7(4-13(3)6(2)10)11-9(15)12-8(5)14;1-4-5(3-8-2)9-7(12)10-6(4)11;1-3-6-4(2)5;/h10H,4H2,1-3H3,(H2,11,12,14,15);8H,3H2,1-2H3,(H2,9,10,11,12);5H,3H2,1-2H3;1H4. The van der Waals surface area contributed by atoms with Gasteiger partial charge in [-0.15, -0.1) is 0 Å². The number of aromatic nitrogens is 4. The summed E-state index contributed by atoms with van der Waals surface area (Å²) in [5.41, 5.74) is 0.497. The average Bonchev–Trinajstić information content (AvgIpc) is 2.70. The lowest BCUT2D eigenvalue weighted by molar-refractivity contribution is 0.321. The van der Waals surface area contributed by atoms with Gasteiger partial charge in [-0.05, 0) is 34.7 Å². The van der Waals surface area contributed by atoms with Crippen molar-refractivity contribution in [2.45, 2.75) is 55.1 Å². The van der Waals surface area contributed by atoms with Crippen LogP contribution in [0.4, 0.5) is 0 Å². The topological polar surface area (TPSA) is 204 Å². The van der Waals surface area contributed by atoms with Gasteiger partial charge < -0.3 is 24.9 Å². The molecule has 13 nitrogen and oxygen atoms in total. The molecule has 34 heavy (non-hydrogen) atoms. The number of rotatable bonds is 5. The van der Waals surface area contributed by atoms with Crippen LogP contribution in [-0.2, 0) is 17.8 Å². The van der Waals surface area contributed by atoms with E-state index in [0.29, 0.717) is 48.0 Å². The molecule has 2 aromatic heterocycles. The molecule has 0 amide bonds. The minimum absolute atomic E-state index is 0. The van der Waals surface area contributed by atoms with Gasteiger partial charge in [0.25, 0.3) is 11.1 Å². The van der Waals surface area contributed by atoms with Crippen molar-refractivity contribution >= 4 is 11.7 Å². The Morgan fingerprint density at radius 3 is 1.71 bits per heavy atom. The van der Waals surface area contributed by atoms with E-state index in [-0.39, 0.29) is 24.4 Å². The third-order valence-electron chi connectivity index (χ3n) is 4.25. The second kappa shape index (κ2) is 16.0. The Morgan fingerprint density at radius 1 is 0.912 bits per heavy atom. The molecule has 2 heterocycles. The van der Waals surface area contributed by atoms with Gasteiger partial charge in [0.05, 0.1) is 19.0 Å². The van der Waals surface area contributed by atoms with E-state index in [0.717, 1.165) is 0 Å². The molecule has 0 bridgehead atoms. The highest BCUT2D eigenvalue weighted by atomic mass is 16.5. The molecule has 0 aliphatic carbocycles. The predicted octanol–water partition coefficient (Wildman–Crippen LogP) is 0.548. The summed E-state index contributed by atoms with van der Waals surface area (Å²) in [4.78, 5) is 55.1. The summed E-state index contributed by atoms with van der Waals surface area (Å²) < 4.78 is 4.62. The molecule has 2 aromatic rings. The second-order valence-electron chi connectivity index (χ2n) is 6.98. The molecule has 0 aliphatic heterocycles. The molecule has 0 aliphatic rings. The first-order valence-corrected chi connectivity index (χ1v) is 10.1. The van der Waals surface area contributed by atoms with Gasteiger partial charge in [-0.25, -0.2) is 9.59 Å². The van der Waals surface area contributed by atoms with Crippen molar-refractivity contribution in [3.8, 4) is 0 Å². The Balaban J connectivity index is 0. The molecule has 2 rings (SSSR count). The van der Waals surface area contributed by atoms with Crippen molar-refractivity contribution in [3.05, 3.63) is 64.2 Å². The minimum Gasteiger partial charge on any atom is -0.482 e. The summed E-state index contributed by atoms with van der Waals surface area (Å²) in [6.45, 7) is 9.86. The number of hydrogen-bond acceptors (Lipinski definition) is 8. The van der Waals surface area contributed by atoms with Crippen LogP contribution >= 0.6 is 0 Å². The van der Waals surface area contributed by atoms with Gasteiger partial charge in [0, 0.05) is 43.0 Å². The van der Waals surface area contributed by atoms with Crippen LogP contribution in [0.3, 0.4) is 0 Å². The van der Waals surface area contributed by atoms with Gasteiger partial charge in [0.15, 0.2) is 5.90 Å². The number of nitrogens with zero attached hydrogens (tertiary/aromatic N) is 1. The summed E-state index contributed by atoms with van der Waals surface area (Å²) in [5.74, 6) is 0.660. The maximum Gasteiger partial charge on any atom is 0.325 e. The van der Waals surface area contributed by atoms with E-state index >= 15 is 0 Å². The molecule has 0 radical (unpaired) electrons. The SMILES string of the molecule is C.CC(=N)N(C)Cc1[nH]c(=O)[nH]c(=O)c1C.CCOC(C)=N.CNCc1[nH]c(=O)[nH]c(=O)c1C. The van der Waals surface area contributed by atoms with Gasteiger partial charge >= 0.3 is 11.4 Å². The average molecular weight is 483 g/mol. The Kier molecular flexibility index (Phi) is 15.2. The molecule has 192 valence electrons. The summed E-state index contributed by atoms with van der Waals surface area (Å²) in [6.07, 6.45) is 0. The number of hydrogen-bond donors (Lipinski definition) is 7. The number of nitrogens with one attached hydrogen (secondary N) is 7. The first kappa shape index (κ1) is 32.4. The molecule has 0 unspecified atom stereocenters. The highest BCUT2D eigenvalue weighted by Gasteiger charge is 2.07. The fourth-order valence-corrected chi connectivity index (χ4v) is 2.28. The van der Waals surface area contributed by atoms with Gasteiger partial charge in [-0.3, -0.25) is 30.4 Å². The van der Waals surface area contributed by atoms with E-state index in [2.05, 4.69) is 30.0 Å². The van der Waals surface area contributed by atoms with Crippen LogP contribution in [0.1, 0.15) is 50.7 Å². The van der Waals surface area contributed by atoms with Crippen molar-refractivity contribution in [1.29, 1.82) is 10.8 Å². The fraction of sp³-hybridized carbons (Fsp3) is 0.524. The maximum atomic E-state index is 11.3. The van der Waals surface area contributed by atoms with Gasteiger partial charge in [0.1, 0.15) is 0 Å². The van der Waals surface area contributed by atoms with Crippen LogP contribution in [0.2, 0.25) is 0 Å². The van der Waals surface area contributed by atoms with Crippen molar-refractivity contribution < 1.29 is 4.74 Å². The predicted molar refractivity (Wildman–Crippen MR) is 134 cm³/mol. The summed E-state index contributed by atoms with van der Waals surface area (Å²) in [6, 6.07) is 0. The molecule has 0 aromatic carbocycles. The molecule has 13 heteroatoms. The van der Waals surface area contributed by atoms with Crippen molar-refractivity contribution in [3.63, 3.8) is 0 Å². The molecular weight excluding hydrogens is 444 g/mol. The van der Waals surface area contributed by atoms with Crippen LogP contribution in [0.15, 0.2) is 19.2 Å². The molecule has 0 atom stereocenters. The lowest BCUT2D eigenvalue weighted by atomic mass is 10.2. The van der Waals surface area contributed by atoms with E-state index in [1.165, 1.54) is 0 Å². The lowest BCUT2D eigenvalue weighted by Crippen LogP contribution is -2.31. The van der Waals surface area contributed by atoms with Crippen molar-refractivity contribution in [1.82, 2.24) is 30.2 Å². The molecule has 0 saturated heterocycles. The van der Waals surface area contributed by atoms with Crippen LogP contribution in [0.5, 0.6) is 0 Å². The largest absolute Gasteiger partial charge is 0.482 e. The molecule has 0 saturated carbocycles. The Labute approximate surface area is 198 Å². The van der Waals surface area contributed by atoms with Crippen LogP contribution in [0, 0.1) is 24.7 Å². The van der Waals surface area contributed by atoms with Gasteiger partial charge in [-0.2, -0.15) is 0 Å². The number of amidine groups is 1. The zero-order valence-electron chi connectivity index (χ0n) is 20.1. The zero-order chi connectivity index (χ0) is 25.7. The monoisotopic (exact) mass is 482 g/mol. The first-order chi connectivity index (χ1) is 15.3. The fourth-order valence-electron chi connectivity index (χ4n) is 2.28. The highest BCUT2D eigenvalue weighted by molar-refractivity contribution is 5.75. The molecular formula is C21H38N8O5. The molecule has 7 N–H and O–H groups in total. The van der Waals surface area contributed by atoms with Gasteiger partial charge in [-0.1, -0.05) is 7.43 Å². The number of H-pyrrole nitrogens is 4. The van der Waals surface area contributed by atoms with E-state index in [1.807, 2.05) is 6.92 Å². The third kappa shape index (κ3) is 11.8. The zero-order valence-corrected chi connectivity index (χ0v) is 20.1. The maximum absolute atomic E-state index is 11.3. The smallest absolute Gasteiger partial charge is 0.325 e. The van der Waals surface area contributed by atoms with E-state index < -0.39 is 11.4 Å². The van der Waals surface area contributed by atoms with Crippen LogP contribution in [-0.4, -0.2) is 57.3 Å². The van der Waals surface area contributed by atoms with E-state index in [9.17, 15) is 19.2 Å². The Bertz CT molecular complexity index is 1160. The number of aromatic amines is 4. The molecule has 0 fully saturated rings. The minimum atomic E-state index is -0.517. The quantitative estimate of drug-likeness (QED) is 0.238. The van der Waals surface area contributed by atoms with E-state index in [1.54, 1.807) is 46.7 Å². The first-order valence-electron chi connectivity index (χ1n) is 10.1. The molecule has 0 spiro atoms. The normalized spacial score (nSPS) is 9.38. The summed E-state index contributed by atoms with van der Waals surface area (Å²) in [5, 5.41) is 16.9. The highest BCUT2D eigenvalue weighted by Crippen LogP contribution is 2.00. The third-order valence-corrected chi connectivity index (χ3v) is 4.25. The van der Waals surface area contributed by atoms with Crippen molar-refractivity contribution in [2.75, 3.05) is 20.7 Å². The van der Waals surface area contributed by atoms with E-state index in [4.69, 9.17) is 10.8 Å². The summed E-state index contributed by atoms with van der Waals surface area (Å²) >= 11 is 0. The van der Waals surface area contributed by atoms with Gasteiger partial charge in [0.2, 0.25) is 0 Å². The number of ether oxygens (including phenoxy) is 1. The lowest BCUT2D eigenvalue weighted by Gasteiger charge is -2.17. The Morgan fingerprint density at radius 2 is 1.35 bits per heavy atom. The second-order valence-corrected chi connectivity index (χ2v) is 6.98. The van der Waals surface area contributed by atoms with Crippen molar-refractivity contribution in [2.24, 2.45) is 0 Å². The summed E-state index contributed by atoms with van der Waals surface area (Å²) in [7, 11) is 3.47. The van der Waals surface area contributed by atoms with Crippen LogP contribution < -0.4 is 27.8 Å². The van der Waals surface area contributed by atoms with Crippen LogP contribution in [0.25, 0.3) is 0 Å².